The van der Waals surface area contributed by atoms with E-state index in [1.54, 1.807) is 20.4 Å². The van der Waals surface area contributed by atoms with E-state index in [-0.39, 0.29) is 0 Å². The van der Waals surface area contributed by atoms with Gasteiger partial charge in [0.15, 0.2) is 11.5 Å². The van der Waals surface area contributed by atoms with Crippen molar-refractivity contribution in [1.82, 2.24) is 10.3 Å². The topological polar surface area (TPSA) is 43.4 Å². The minimum absolute atomic E-state index is 0.367. The van der Waals surface area contributed by atoms with E-state index >= 15 is 0 Å². The number of hydrogen-bond acceptors (Lipinski definition) is 4. The Hall–Kier alpha value is -1.29. The van der Waals surface area contributed by atoms with E-state index in [9.17, 15) is 0 Å². The van der Waals surface area contributed by atoms with Gasteiger partial charge in [0, 0.05) is 24.8 Å². The summed E-state index contributed by atoms with van der Waals surface area (Å²) in [5, 5.41) is 3.62. The first-order valence-corrected chi connectivity index (χ1v) is 6.87. The highest BCUT2D eigenvalue weighted by molar-refractivity contribution is 5.42. The predicted octanol–water partition coefficient (Wildman–Crippen LogP) is 2.77. The van der Waals surface area contributed by atoms with E-state index in [0.717, 1.165) is 17.2 Å². The first kappa shape index (κ1) is 14.1. The Morgan fingerprint density at radius 3 is 2.74 bits per heavy atom. The van der Waals surface area contributed by atoms with Crippen molar-refractivity contribution in [2.75, 3.05) is 14.2 Å². The molecule has 1 fully saturated rings. The van der Waals surface area contributed by atoms with Crippen LogP contribution in [0.25, 0.3) is 0 Å². The van der Waals surface area contributed by atoms with Gasteiger partial charge in [0.05, 0.1) is 19.9 Å². The Morgan fingerprint density at radius 2 is 2.16 bits per heavy atom. The number of rotatable bonds is 5. The van der Waals surface area contributed by atoms with Gasteiger partial charge in [0.1, 0.15) is 0 Å². The summed E-state index contributed by atoms with van der Waals surface area (Å²) < 4.78 is 10.7. The second-order valence-electron chi connectivity index (χ2n) is 5.81. The number of hydrogen-bond donors (Lipinski definition) is 1. The molecule has 0 radical (unpaired) electrons. The summed E-state index contributed by atoms with van der Waals surface area (Å²) in [5.41, 5.74) is 1.27. The van der Waals surface area contributed by atoms with Crippen LogP contribution < -0.4 is 14.8 Å². The van der Waals surface area contributed by atoms with E-state index in [1.807, 2.05) is 6.07 Å². The lowest BCUT2D eigenvalue weighted by atomic mass is 9.87. The second-order valence-corrected chi connectivity index (χ2v) is 5.81. The molecule has 0 aromatic carbocycles. The van der Waals surface area contributed by atoms with Crippen molar-refractivity contribution in [2.24, 2.45) is 5.41 Å². The summed E-state index contributed by atoms with van der Waals surface area (Å²) in [4.78, 5) is 4.40. The fourth-order valence-electron chi connectivity index (χ4n) is 2.90. The van der Waals surface area contributed by atoms with Crippen LogP contribution in [0.3, 0.4) is 0 Å². The van der Waals surface area contributed by atoms with Crippen LogP contribution in [-0.2, 0) is 6.54 Å². The number of ether oxygens (including phenoxy) is 2. The zero-order valence-electron chi connectivity index (χ0n) is 12.3. The Morgan fingerprint density at radius 1 is 1.37 bits per heavy atom. The molecule has 1 saturated carbocycles. The third kappa shape index (κ3) is 3.00. The Balaban J connectivity index is 2.07. The van der Waals surface area contributed by atoms with E-state index < -0.39 is 0 Å². The number of methoxy groups -OCH3 is 2. The highest BCUT2D eigenvalue weighted by atomic mass is 16.5. The molecular formula is C15H24N2O2. The molecule has 0 amide bonds. The van der Waals surface area contributed by atoms with Crippen LogP contribution in [0.5, 0.6) is 11.5 Å². The maximum absolute atomic E-state index is 5.41. The Kier molecular flexibility index (Phi) is 4.30. The summed E-state index contributed by atoms with van der Waals surface area (Å²) in [6, 6.07) is 2.37. The third-order valence-corrected chi connectivity index (χ3v) is 4.14. The lowest BCUT2D eigenvalue weighted by Gasteiger charge is -2.28. The maximum atomic E-state index is 5.41. The molecule has 4 nitrogen and oxygen atoms in total. The van der Waals surface area contributed by atoms with E-state index in [2.05, 4.69) is 24.1 Å². The van der Waals surface area contributed by atoms with Gasteiger partial charge in [0.25, 0.3) is 0 Å². The van der Waals surface area contributed by atoms with Crippen LogP contribution in [0.1, 0.15) is 38.8 Å². The molecule has 1 aromatic rings. The van der Waals surface area contributed by atoms with Gasteiger partial charge in [-0.05, 0) is 18.3 Å². The van der Waals surface area contributed by atoms with Crippen molar-refractivity contribution in [2.45, 2.75) is 45.7 Å². The highest BCUT2D eigenvalue weighted by Gasteiger charge is 2.34. The van der Waals surface area contributed by atoms with Crippen molar-refractivity contribution in [3.63, 3.8) is 0 Å². The van der Waals surface area contributed by atoms with Crippen LogP contribution in [0.4, 0.5) is 0 Å². The average molecular weight is 264 g/mol. The first-order valence-electron chi connectivity index (χ1n) is 6.87. The van der Waals surface area contributed by atoms with Gasteiger partial charge in [-0.1, -0.05) is 20.3 Å². The Labute approximate surface area is 115 Å². The lowest BCUT2D eigenvalue weighted by molar-refractivity contribution is 0.279. The third-order valence-electron chi connectivity index (χ3n) is 4.14. The lowest BCUT2D eigenvalue weighted by Crippen LogP contribution is -2.37. The molecule has 1 aliphatic carbocycles. The molecule has 0 spiro atoms. The smallest absolute Gasteiger partial charge is 0.183 e. The molecule has 1 atom stereocenters. The van der Waals surface area contributed by atoms with Gasteiger partial charge < -0.3 is 14.8 Å². The predicted molar refractivity (Wildman–Crippen MR) is 75.6 cm³/mol. The largest absolute Gasteiger partial charge is 0.493 e. The van der Waals surface area contributed by atoms with E-state index in [0.29, 0.717) is 18.0 Å². The molecule has 1 aromatic heterocycles. The van der Waals surface area contributed by atoms with Gasteiger partial charge in [-0.2, -0.15) is 0 Å². The molecule has 1 unspecified atom stereocenters. The number of aromatic nitrogens is 1. The van der Waals surface area contributed by atoms with Crippen LogP contribution in [-0.4, -0.2) is 25.2 Å². The number of nitrogens with one attached hydrogen (secondary N) is 1. The molecule has 0 bridgehead atoms. The fourth-order valence-corrected chi connectivity index (χ4v) is 2.90. The molecule has 1 N–H and O–H groups in total. The standard InChI is InChI=1S/C15H24N2O2/c1-15(2)8-5-6-13(15)17-10-11-14(19-4)12(18-3)7-9-16-11/h7,9,13,17H,5-6,8,10H2,1-4H3. The van der Waals surface area contributed by atoms with Crippen LogP contribution in [0.15, 0.2) is 12.3 Å². The molecule has 0 aliphatic heterocycles. The Bertz CT molecular complexity index is 432. The quantitative estimate of drug-likeness (QED) is 0.888. The first-order chi connectivity index (χ1) is 9.08. The number of nitrogens with zero attached hydrogens (tertiary/aromatic N) is 1. The average Bonchev–Trinajstić information content (AvgIpc) is 2.74. The van der Waals surface area contributed by atoms with Crippen molar-refractivity contribution in [3.05, 3.63) is 18.0 Å². The molecule has 4 heteroatoms. The van der Waals surface area contributed by atoms with Gasteiger partial charge in [-0.15, -0.1) is 0 Å². The number of pyridine rings is 1. The van der Waals surface area contributed by atoms with Gasteiger partial charge in [-0.25, -0.2) is 0 Å². The summed E-state index contributed by atoms with van der Waals surface area (Å²) >= 11 is 0. The second kappa shape index (κ2) is 5.78. The minimum Gasteiger partial charge on any atom is -0.493 e. The van der Waals surface area contributed by atoms with Crippen LogP contribution in [0.2, 0.25) is 0 Å². The summed E-state index contributed by atoms with van der Waals surface area (Å²) in [6.45, 7) is 5.37. The zero-order chi connectivity index (χ0) is 13.9. The van der Waals surface area contributed by atoms with Crippen molar-refractivity contribution >= 4 is 0 Å². The van der Waals surface area contributed by atoms with Gasteiger partial charge in [-0.3, -0.25) is 4.98 Å². The van der Waals surface area contributed by atoms with Gasteiger partial charge in [0.2, 0.25) is 0 Å². The van der Waals surface area contributed by atoms with E-state index in [1.165, 1.54) is 19.3 Å². The zero-order valence-corrected chi connectivity index (χ0v) is 12.3. The van der Waals surface area contributed by atoms with Crippen LogP contribution in [0, 0.1) is 5.41 Å². The van der Waals surface area contributed by atoms with E-state index in [4.69, 9.17) is 9.47 Å². The minimum atomic E-state index is 0.367. The SMILES string of the molecule is COc1ccnc(CNC2CCCC2(C)C)c1OC. The monoisotopic (exact) mass is 264 g/mol. The van der Waals surface area contributed by atoms with Gasteiger partial charge >= 0.3 is 0 Å². The molecule has 106 valence electrons. The molecular weight excluding hydrogens is 240 g/mol. The summed E-state index contributed by atoms with van der Waals surface area (Å²) in [7, 11) is 3.30. The maximum Gasteiger partial charge on any atom is 0.183 e. The normalized spacial score (nSPS) is 21.4. The molecule has 2 rings (SSSR count). The van der Waals surface area contributed by atoms with Crippen molar-refractivity contribution in [3.8, 4) is 11.5 Å². The highest BCUT2D eigenvalue weighted by Crippen LogP contribution is 2.37. The van der Waals surface area contributed by atoms with Crippen molar-refractivity contribution < 1.29 is 9.47 Å². The molecule has 1 aliphatic rings. The molecule has 19 heavy (non-hydrogen) atoms. The van der Waals surface area contributed by atoms with Crippen LogP contribution >= 0.6 is 0 Å². The molecule has 1 heterocycles. The summed E-state index contributed by atoms with van der Waals surface area (Å²) in [5.74, 6) is 1.47. The van der Waals surface area contributed by atoms with Crippen molar-refractivity contribution in [1.29, 1.82) is 0 Å². The summed E-state index contributed by atoms with van der Waals surface area (Å²) in [6.07, 6.45) is 5.58. The fraction of sp³-hybridized carbons (Fsp3) is 0.667. The molecule has 0 saturated heterocycles.